The molecular weight excluding hydrogens is 376 g/mol. The zero-order chi connectivity index (χ0) is 21.0. The summed E-state index contributed by atoms with van der Waals surface area (Å²) in [5, 5.41) is 12.2. The number of rotatable bonds is 6. The van der Waals surface area contributed by atoms with Gasteiger partial charge in [-0.2, -0.15) is 5.26 Å². The van der Waals surface area contributed by atoms with Crippen LogP contribution in [-0.4, -0.2) is 24.0 Å². The Hall–Kier alpha value is -2.35. The van der Waals surface area contributed by atoms with E-state index in [1.54, 1.807) is 6.92 Å². The van der Waals surface area contributed by atoms with Crippen LogP contribution in [0.3, 0.4) is 0 Å². The number of amides is 1. The monoisotopic (exact) mass is 406 g/mol. The maximum atomic E-state index is 13.3. The predicted octanol–water partition coefficient (Wildman–Crippen LogP) is 3.88. The van der Waals surface area contributed by atoms with Crippen molar-refractivity contribution in [2.45, 2.75) is 69.2 Å². The van der Waals surface area contributed by atoms with Crippen molar-refractivity contribution in [2.24, 2.45) is 23.2 Å². The Balaban J connectivity index is 1.29. The zero-order valence-electron chi connectivity index (χ0n) is 17.7. The quantitative estimate of drug-likeness (QED) is 0.727. The normalized spacial score (nSPS) is 35.9. The van der Waals surface area contributed by atoms with Crippen molar-refractivity contribution in [3.8, 4) is 6.07 Å². The molecule has 0 aliphatic heterocycles. The van der Waals surface area contributed by atoms with Crippen LogP contribution in [0.5, 0.6) is 0 Å². The molecule has 1 aromatic rings. The average molecular weight is 407 g/mol. The van der Waals surface area contributed by atoms with Crippen molar-refractivity contribution >= 4 is 11.9 Å². The summed E-state index contributed by atoms with van der Waals surface area (Å²) >= 11 is 0. The Morgan fingerprint density at radius 1 is 1.17 bits per heavy atom. The standard InChI is InChI=1S/C25H30N2O3/c1-23(16-26,19-7-8-19)27-21(28)14-30-22(29)25-12-17-9-18(13-25)11-24(10-17,15-25)20-5-3-2-4-6-20/h2-6,17-19H,7-15H2,1H3,(H,27,28)/t17-,18+,23-,24?,25?/m0/s1. The van der Waals surface area contributed by atoms with E-state index < -0.39 is 11.0 Å². The molecular formula is C25H30N2O3. The zero-order valence-corrected chi connectivity index (χ0v) is 17.7. The largest absolute Gasteiger partial charge is 0.455 e. The van der Waals surface area contributed by atoms with Crippen molar-refractivity contribution < 1.29 is 14.3 Å². The first-order valence-corrected chi connectivity index (χ1v) is 11.3. The molecule has 6 rings (SSSR count). The number of nitrogens with one attached hydrogen (secondary N) is 1. The molecule has 5 heteroatoms. The van der Waals surface area contributed by atoms with Crippen LogP contribution in [0.1, 0.15) is 63.9 Å². The van der Waals surface area contributed by atoms with E-state index in [2.05, 4.69) is 35.7 Å². The number of carbonyl (C=O) groups excluding carboxylic acids is 2. The van der Waals surface area contributed by atoms with Crippen LogP contribution in [-0.2, 0) is 19.7 Å². The number of nitriles is 1. The molecule has 5 fully saturated rings. The SMILES string of the molecule is C[C@@](C#N)(NC(=O)COC(=O)C12C[C@H]3C[C@@H](C1)CC(c1ccccc1)(C3)C2)C1CC1. The van der Waals surface area contributed by atoms with Crippen LogP contribution in [0.4, 0.5) is 0 Å². The minimum absolute atomic E-state index is 0.0674. The lowest BCUT2D eigenvalue weighted by atomic mass is 9.43. The highest BCUT2D eigenvalue weighted by atomic mass is 16.5. The first-order chi connectivity index (χ1) is 14.4. The van der Waals surface area contributed by atoms with Crippen molar-refractivity contribution in [1.82, 2.24) is 5.32 Å². The molecule has 5 aliphatic rings. The van der Waals surface area contributed by atoms with E-state index in [4.69, 9.17) is 4.74 Å². The highest BCUT2D eigenvalue weighted by molar-refractivity contribution is 5.84. The van der Waals surface area contributed by atoms with Crippen molar-refractivity contribution in [3.05, 3.63) is 35.9 Å². The minimum atomic E-state index is -0.860. The lowest BCUT2D eigenvalue weighted by molar-refractivity contribution is -0.175. The molecule has 5 saturated carbocycles. The predicted molar refractivity (Wildman–Crippen MR) is 111 cm³/mol. The molecule has 0 spiro atoms. The van der Waals surface area contributed by atoms with Gasteiger partial charge in [-0.3, -0.25) is 9.59 Å². The molecule has 0 radical (unpaired) electrons. The summed E-state index contributed by atoms with van der Waals surface area (Å²) < 4.78 is 5.60. The molecule has 5 aliphatic carbocycles. The Morgan fingerprint density at radius 3 is 2.43 bits per heavy atom. The molecule has 0 aromatic heterocycles. The maximum absolute atomic E-state index is 13.3. The van der Waals surface area contributed by atoms with Crippen molar-refractivity contribution in [1.29, 1.82) is 5.26 Å². The molecule has 0 heterocycles. The molecule has 1 amide bonds. The van der Waals surface area contributed by atoms with Gasteiger partial charge in [-0.15, -0.1) is 0 Å². The average Bonchev–Trinajstić information content (AvgIpc) is 3.57. The smallest absolute Gasteiger partial charge is 0.312 e. The molecule has 5 nitrogen and oxygen atoms in total. The maximum Gasteiger partial charge on any atom is 0.312 e. The fraction of sp³-hybridized carbons (Fsp3) is 0.640. The van der Waals surface area contributed by atoms with E-state index in [1.807, 2.05) is 6.07 Å². The summed E-state index contributed by atoms with van der Waals surface area (Å²) in [4.78, 5) is 25.7. The van der Waals surface area contributed by atoms with Gasteiger partial charge in [-0.05, 0) is 87.0 Å². The molecule has 1 aromatic carbocycles. The summed E-state index contributed by atoms with van der Waals surface area (Å²) in [7, 11) is 0. The second kappa shape index (κ2) is 6.83. The van der Waals surface area contributed by atoms with Crippen LogP contribution in [0.15, 0.2) is 30.3 Å². The van der Waals surface area contributed by atoms with Gasteiger partial charge in [0.2, 0.25) is 0 Å². The number of hydrogen-bond donors (Lipinski definition) is 1. The van der Waals surface area contributed by atoms with E-state index in [1.165, 1.54) is 12.0 Å². The molecule has 5 atom stereocenters. The molecule has 1 N–H and O–H groups in total. The first kappa shape index (κ1) is 19.6. The Morgan fingerprint density at radius 2 is 1.83 bits per heavy atom. The van der Waals surface area contributed by atoms with Gasteiger partial charge in [0.15, 0.2) is 6.61 Å². The number of hydrogen-bond acceptors (Lipinski definition) is 4. The number of ether oxygens (including phenoxy) is 1. The third-order valence-electron chi connectivity index (χ3n) is 8.24. The van der Waals surface area contributed by atoms with Crippen LogP contribution >= 0.6 is 0 Å². The molecule has 0 saturated heterocycles. The van der Waals surface area contributed by atoms with Gasteiger partial charge in [0.1, 0.15) is 5.54 Å². The third-order valence-corrected chi connectivity index (χ3v) is 8.24. The van der Waals surface area contributed by atoms with Gasteiger partial charge in [0.25, 0.3) is 5.91 Å². The van der Waals surface area contributed by atoms with E-state index >= 15 is 0 Å². The molecule has 30 heavy (non-hydrogen) atoms. The fourth-order valence-electron chi connectivity index (χ4n) is 7.12. The lowest BCUT2D eigenvalue weighted by Crippen LogP contribution is -2.57. The Kier molecular flexibility index (Phi) is 4.47. The Labute approximate surface area is 178 Å². The summed E-state index contributed by atoms with van der Waals surface area (Å²) in [6.45, 7) is 1.46. The number of benzene rings is 1. The highest BCUT2D eigenvalue weighted by Gasteiger charge is 2.61. The van der Waals surface area contributed by atoms with Gasteiger partial charge in [0.05, 0.1) is 11.5 Å². The van der Waals surface area contributed by atoms with E-state index in [0.29, 0.717) is 11.8 Å². The second-order valence-corrected chi connectivity index (χ2v) is 10.6. The number of esters is 1. The lowest BCUT2D eigenvalue weighted by Gasteiger charge is -2.61. The summed E-state index contributed by atoms with van der Waals surface area (Å²) in [5.41, 5.74) is 0.0950. The van der Waals surface area contributed by atoms with Crippen LogP contribution in [0.25, 0.3) is 0 Å². The van der Waals surface area contributed by atoms with Crippen molar-refractivity contribution in [3.63, 3.8) is 0 Å². The highest BCUT2D eigenvalue weighted by Crippen LogP contribution is 2.66. The van der Waals surface area contributed by atoms with Crippen LogP contribution < -0.4 is 5.32 Å². The van der Waals surface area contributed by atoms with E-state index in [-0.39, 0.29) is 29.8 Å². The van der Waals surface area contributed by atoms with Crippen molar-refractivity contribution in [2.75, 3.05) is 6.61 Å². The fourth-order valence-corrected chi connectivity index (χ4v) is 7.12. The van der Waals surface area contributed by atoms with Crippen LogP contribution in [0.2, 0.25) is 0 Å². The number of nitrogens with zero attached hydrogens (tertiary/aromatic N) is 1. The molecule has 2 unspecified atom stereocenters. The minimum Gasteiger partial charge on any atom is -0.455 e. The van der Waals surface area contributed by atoms with Crippen LogP contribution in [0, 0.1) is 34.5 Å². The Bertz CT molecular complexity index is 887. The van der Waals surface area contributed by atoms with Gasteiger partial charge in [-0.25, -0.2) is 0 Å². The van der Waals surface area contributed by atoms with E-state index in [0.717, 1.165) is 44.9 Å². The van der Waals surface area contributed by atoms with Gasteiger partial charge in [-0.1, -0.05) is 30.3 Å². The molecule has 4 bridgehead atoms. The summed E-state index contributed by atoms with van der Waals surface area (Å²) in [6.07, 6.45) is 8.04. The summed E-state index contributed by atoms with van der Waals surface area (Å²) in [5.74, 6) is 0.740. The third kappa shape index (κ3) is 3.21. The van der Waals surface area contributed by atoms with E-state index in [9.17, 15) is 14.9 Å². The summed E-state index contributed by atoms with van der Waals surface area (Å²) in [6, 6.07) is 12.9. The first-order valence-electron chi connectivity index (χ1n) is 11.3. The van der Waals surface area contributed by atoms with Gasteiger partial charge in [0, 0.05) is 0 Å². The topological polar surface area (TPSA) is 79.2 Å². The molecule has 158 valence electrons. The second-order valence-electron chi connectivity index (χ2n) is 10.6. The number of carbonyl (C=O) groups is 2. The van der Waals surface area contributed by atoms with Gasteiger partial charge < -0.3 is 10.1 Å². The van der Waals surface area contributed by atoms with Gasteiger partial charge >= 0.3 is 5.97 Å².